The Hall–Kier alpha value is -2.53. The van der Waals surface area contributed by atoms with Crippen LogP contribution in [0.15, 0.2) is 36.7 Å². The number of aromatic nitrogens is 3. The zero-order valence-corrected chi connectivity index (χ0v) is 16.3. The molecule has 1 N–H and O–H groups in total. The Morgan fingerprint density at radius 2 is 1.85 bits per heavy atom. The van der Waals surface area contributed by atoms with E-state index in [0.717, 1.165) is 46.7 Å². The molecule has 0 unspecified atom stereocenters. The van der Waals surface area contributed by atoms with Crippen LogP contribution in [-0.2, 0) is 25.8 Å². The predicted molar refractivity (Wildman–Crippen MR) is 113 cm³/mol. The lowest BCUT2D eigenvalue weighted by Gasteiger charge is -2.19. The smallest absolute Gasteiger partial charge is 0.147 e. The Bertz CT molecular complexity index is 1120. The van der Waals surface area contributed by atoms with Gasteiger partial charge in [-0.05, 0) is 48.8 Å². The number of fused-ring (bicyclic) bond motifs is 5. The standard InChI is InChI=1S/C22H22N4S/c1-2-17-15-10-6-7-11-16(15)18-19-20(27-22(18)26-17)21(25-13-24-19)23-12-14-8-4-3-5-9-14/h3-5,8-9,13H,2,6-7,10-12H2,1H3,(H,23,24,25). The van der Waals surface area contributed by atoms with Gasteiger partial charge in [-0.3, -0.25) is 0 Å². The predicted octanol–water partition coefficient (Wildman–Crippen LogP) is 5.29. The molecule has 27 heavy (non-hydrogen) atoms. The molecule has 3 aromatic heterocycles. The van der Waals surface area contributed by atoms with Crippen LogP contribution in [0.4, 0.5) is 5.82 Å². The molecule has 1 aromatic carbocycles. The third kappa shape index (κ3) is 2.86. The van der Waals surface area contributed by atoms with Crippen molar-refractivity contribution >= 4 is 37.6 Å². The van der Waals surface area contributed by atoms with Gasteiger partial charge in [-0.1, -0.05) is 37.3 Å². The second kappa shape index (κ2) is 6.89. The topological polar surface area (TPSA) is 50.7 Å². The maximum Gasteiger partial charge on any atom is 0.147 e. The number of hydrogen-bond acceptors (Lipinski definition) is 5. The summed E-state index contributed by atoms with van der Waals surface area (Å²) in [5, 5.41) is 4.78. The third-order valence-electron chi connectivity index (χ3n) is 5.45. The Kier molecular flexibility index (Phi) is 4.24. The maximum absolute atomic E-state index is 5.03. The van der Waals surface area contributed by atoms with Crippen molar-refractivity contribution < 1.29 is 0 Å². The van der Waals surface area contributed by atoms with E-state index < -0.39 is 0 Å². The summed E-state index contributed by atoms with van der Waals surface area (Å²) in [5.41, 5.74) is 6.55. The highest BCUT2D eigenvalue weighted by Gasteiger charge is 2.22. The second-order valence-corrected chi connectivity index (χ2v) is 8.10. The highest BCUT2D eigenvalue weighted by Crippen LogP contribution is 2.40. The summed E-state index contributed by atoms with van der Waals surface area (Å²) in [4.78, 5) is 15.3. The van der Waals surface area contributed by atoms with Crippen LogP contribution in [0.5, 0.6) is 0 Å². The number of nitrogens with one attached hydrogen (secondary N) is 1. The van der Waals surface area contributed by atoms with Crippen molar-refractivity contribution in [3.63, 3.8) is 0 Å². The van der Waals surface area contributed by atoms with Crippen molar-refractivity contribution in [3.8, 4) is 0 Å². The lowest BCUT2D eigenvalue weighted by atomic mass is 9.88. The van der Waals surface area contributed by atoms with Gasteiger partial charge >= 0.3 is 0 Å². The molecule has 1 aliphatic carbocycles. The second-order valence-electron chi connectivity index (χ2n) is 7.10. The van der Waals surface area contributed by atoms with Crippen molar-refractivity contribution in [3.05, 3.63) is 59.0 Å². The van der Waals surface area contributed by atoms with E-state index >= 15 is 0 Å². The molecule has 0 saturated heterocycles. The first kappa shape index (κ1) is 16.6. The number of nitrogens with zero attached hydrogens (tertiary/aromatic N) is 3. The molecule has 0 radical (unpaired) electrons. The molecule has 0 spiro atoms. The minimum Gasteiger partial charge on any atom is -0.365 e. The summed E-state index contributed by atoms with van der Waals surface area (Å²) in [7, 11) is 0. The van der Waals surface area contributed by atoms with Gasteiger partial charge in [0.1, 0.15) is 17.0 Å². The van der Waals surface area contributed by atoms with Gasteiger partial charge in [0.05, 0.1) is 10.2 Å². The van der Waals surface area contributed by atoms with Crippen LogP contribution < -0.4 is 5.32 Å². The third-order valence-corrected chi connectivity index (χ3v) is 6.52. The van der Waals surface area contributed by atoms with Crippen molar-refractivity contribution in [2.24, 2.45) is 0 Å². The molecule has 5 rings (SSSR count). The molecule has 0 amide bonds. The summed E-state index contributed by atoms with van der Waals surface area (Å²) >= 11 is 1.73. The summed E-state index contributed by atoms with van der Waals surface area (Å²) in [5.74, 6) is 0.912. The molecule has 4 nitrogen and oxygen atoms in total. The van der Waals surface area contributed by atoms with E-state index in [1.54, 1.807) is 17.7 Å². The van der Waals surface area contributed by atoms with Crippen LogP contribution >= 0.6 is 11.3 Å². The monoisotopic (exact) mass is 374 g/mol. The molecule has 5 heteroatoms. The van der Waals surface area contributed by atoms with E-state index in [9.17, 15) is 0 Å². The normalized spacial score (nSPS) is 13.8. The van der Waals surface area contributed by atoms with Crippen LogP contribution in [0.25, 0.3) is 20.4 Å². The van der Waals surface area contributed by atoms with Crippen LogP contribution in [-0.4, -0.2) is 15.0 Å². The number of benzene rings is 1. The SMILES string of the molecule is CCc1nc2sc3c(NCc4ccccc4)ncnc3c2c2c1CCCC2. The van der Waals surface area contributed by atoms with Gasteiger partial charge in [0, 0.05) is 17.6 Å². The van der Waals surface area contributed by atoms with Crippen LogP contribution in [0, 0.1) is 0 Å². The van der Waals surface area contributed by atoms with Crippen molar-refractivity contribution in [2.75, 3.05) is 5.32 Å². The molecule has 0 atom stereocenters. The molecule has 0 bridgehead atoms. The Morgan fingerprint density at radius 1 is 1.04 bits per heavy atom. The fourth-order valence-corrected chi connectivity index (χ4v) is 5.28. The van der Waals surface area contributed by atoms with E-state index in [-0.39, 0.29) is 0 Å². The molecule has 0 aliphatic heterocycles. The van der Waals surface area contributed by atoms with Crippen LogP contribution in [0.3, 0.4) is 0 Å². The van der Waals surface area contributed by atoms with Gasteiger partial charge < -0.3 is 5.32 Å². The molecule has 1 aliphatic rings. The first-order chi connectivity index (χ1) is 13.3. The first-order valence-electron chi connectivity index (χ1n) is 9.70. The van der Waals surface area contributed by atoms with E-state index in [4.69, 9.17) is 4.98 Å². The molecule has 3 heterocycles. The quantitative estimate of drug-likeness (QED) is 0.527. The van der Waals surface area contributed by atoms with E-state index in [1.807, 2.05) is 6.07 Å². The van der Waals surface area contributed by atoms with Crippen molar-refractivity contribution in [1.29, 1.82) is 0 Å². The Balaban J connectivity index is 1.64. The summed E-state index contributed by atoms with van der Waals surface area (Å²) in [6, 6.07) is 10.4. The number of rotatable bonds is 4. The average Bonchev–Trinajstić information content (AvgIpc) is 3.11. The molecule has 136 valence electrons. The molecule has 0 saturated carbocycles. The van der Waals surface area contributed by atoms with Gasteiger partial charge in [-0.25, -0.2) is 15.0 Å². The largest absolute Gasteiger partial charge is 0.365 e. The summed E-state index contributed by atoms with van der Waals surface area (Å²) in [6.07, 6.45) is 7.51. The van der Waals surface area contributed by atoms with E-state index in [2.05, 4.69) is 46.5 Å². The molecule has 0 fully saturated rings. The van der Waals surface area contributed by atoms with Gasteiger partial charge in [0.15, 0.2) is 0 Å². The van der Waals surface area contributed by atoms with Crippen molar-refractivity contribution in [1.82, 2.24) is 15.0 Å². The lowest BCUT2D eigenvalue weighted by molar-refractivity contribution is 0.679. The molecule has 4 aromatic rings. The zero-order valence-electron chi connectivity index (χ0n) is 15.5. The van der Waals surface area contributed by atoms with Crippen LogP contribution in [0.2, 0.25) is 0 Å². The number of pyridine rings is 1. The van der Waals surface area contributed by atoms with E-state index in [0.29, 0.717) is 0 Å². The zero-order chi connectivity index (χ0) is 18.2. The highest BCUT2D eigenvalue weighted by atomic mass is 32.1. The summed E-state index contributed by atoms with van der Waals surface area (Å²) < 4.78 is 1.12. The fourth-order valence-electron chi connectivity index (χ4n) is 4.14. The first-order valence-corrected chi connectivity index (χ1v) is 10.5. The average molecular weight is 375 g/mol. The fraction of sp³-hybridized carbons (Fsp3) is 0.318. The van der Waals surface area contributed by atoms with Gasteiger partial charge in [0.2, 0.25) is 0 Å². The lowest BCUT2D eigenvalue weighted by Crippen LogP contribution is -2.08. The minimum atomic E-state index is 0.757. The number of aryl methyl sites for hydroxylation is 2. The van der Waals surface area contributed by atoms with Gasteiger partial charge in [-0.2, -0.15) is 0 Å². The van der Waals surface area contributed by atoms with Gasteiger partial charge in [-0.15, -0.1) is 11.3 Å². The summed E-state index contributed by atoms with van der Waals surface area (Å²) in [6.45, 7) is 2.97. The Morgan fingerprint density at radius 3 is 2.67 bits per heavy atom. The van der Waals surface area contributed by atoms with Crippen molar-refractivity contribution in [2.45, 2.75) is 45.6 Å². The van der Waals surface area contributed by atoms with E-state index in [1.165, 1.54) is 40.6 Å². The molecular formula is C22H22N4S. The molecular weight excluding hydrogens is 352 g/mol. The Labute approximate surface area is 162 Å². The number of hydrogen-bond donors (Lipinski definition) is 1. The van der Waals surface area contributed by atoms with Crippen LogP contribution in [0.1, 0.15) is 42.1 Å². The number of anilines is 1. The minimum absolute atomic E-state index is 0.757. The van der Waals surface area contributed by atoms with Gasteiger partial charge in [0.25, 0.3) is 0 Å². The number of thiophene rings is 1. The highest BCUT2D eigenvalue weighted by molar-refractivity contribution is 7.26. The maximum atomic E-state index is 5.03.